The highest BCUT2D eigenvalue weighted by Gasteiger charge is 2.29. The van der Waals surface area contributed by atoms with Gasteiger partial charge >= 0.3 is 0 Å². The van der Waals surface area contributed by atoms with Gasteiger partial charge in [0.2, 0.25) is 5.89 Å². The largest absolute Gasteiger partial charge is 0.339 e. The van der Waals surface area contributed by atoms with Gasteiger partial charge in [-0.05, 0) is 33.2 Å². The maximum absolute atomic E-state index is 5.29. The first-order chi connectivity index (χ1) is 9.69. The molecule has 0 bridgehead atoms. The zero-order valence-corrected chi connectivity index (χ0v) is 12.3. The van der Waals surface area contributed by atoms with Crippen LogP contribution in [0.1, 0.15) is 54.3 Å². The van der Waals surface area contributed by atoms with E-state index in [9.17, 15) is 0 Å². The number of aryl methyl sites for hydroxylation is 1. The summed E-state index contributed by atoms with van der Waals surface area (Å²) in [6.07, 6.45) is 2.35. The Morgan fingerprint density at radius 3 is 2.85 bits per heavy atom. The van der Waals surface area contributed by atoms with Gasteiger partial charge in [0.15, 0.2) is 5.82 Å². The summed E-state index contributed by atoms with van der Waals surface area (Å²) in [5.74, 6) is 2.00. The third-order valence-electron chi connectivity index (χ3n) is 3.78. The van der Waals surface area contributed by atoms with E-state index in [1.54, 1.807) is 0 Å². The molecule has 0 amide bonds. The first-order valence-corrected chi connectivity index (χ1v) is 7.25. The van der Waals surface area contributed by atoms with Crippen LogP contribution < -0.4 is 5.32 Å². The maximum atomic E-state index is 5.29. The van der Waals surface area contributed by atoms with Gasteiger partial charge in [-0.3, -0.25) is 4.68 Å². The van der Waals surface area contributed by atoms with Gasteiger partial charge in [0, 0.05) is 23.7 Å². The van der Waals surface area contributed by atoms with Crippen LogP contribution in [0, 0.1) is 13.8 Å². The lowest BCUT2D eigenvalue weighted by Gasteiger charge is -2.03. The Bertz CT molecular complexity index is 597. The number of rotatable bonds is 6. The van der Waals surface area contributed by atoms with Crippen LogP contribution in [-0.2, 0) is 13.1 Å². The van der Waals surface area contributed by atoms with Gasteiger partial charge in [0.25, 0.3) is 0 Å². The fourth-order valence-electron chi connectivity index (χ4n) is 2.36. The van der Waals surface area contributed by atoms with Crippen LogP contribution >= 0.6 is 0 Å². The van der Waals surface area contributed by atoms with E-state index in [4.69, 9.17) is 4.52 Å². The Balaban J connectivity index is 1.75. The second-order valence-electron chi connectivity index (χ2n) is 5.41. The van der Waals surface area contributed by atoms with Crippen molar-refractivity contribution in [3.63, 3.8) is 0 Å². The second kappa shape index (κ2) is 5.36. The monoisotopic (exact) mass is 275 g/mol. The van der Waals surface area contributed by atoms with Crippen LogP contribution in [0.25, 0.3) is 0 Å². The number of aromatic nitrogens is 4. The van der Waals surface area contributed by atoms with E-state index in [1.165, 1.54) is 24.1 Å². The first-order valence-electron chi connectivity index (χ1n) is 7.25. The fourth-order valence-corrected chi connectivity index (χ4v) is 2.36. The summed E-state index contributed by atoms with van der Waals surface area (Å²) >= 11 is 0. The van der Waals surface area contributed by atoms with Crippen molar-refractivity contribution in [1.29, 1.82) is 0 Å². The van der Waals surface area contributed by atoms with Gasteiger partial charge in [0.05, 0.1) is 5.69 Å². The van der Waals surface area contributed by atoms with Crippen LogP contribution in [0.5, 0.6) is 0 Å². The predicted molar refractivity (Wildman–Crippen MR) is 74.5 cm³/mol. The van der Waals surface area contributed by atoms with E-state index in [1.807, 2.05) is 11.6 Å². The molecule has 1 aliphatic rings. The second-order valence-corrected chi connectivity index (χ2v) is 5.41. The molecule has 1 N–H and O–H groups in total. The normalized spacial score (nSPS) is 14.9. The van der Waals surface area contributed by atoms with Crippen LogP contribution in [0.15, 0.2) is 4.52 Å². The van der Waals surface area contributed by atoms with E-state index in [-0.39, 0.29) is 0 Å². The molecule has 2 aromatic heterocycles. The molecule has 3 rings (SSSR count). The van der Waals surface area contributed by atoms with Gasteiger partial charge in [-0.15, -0.1) is 0 Å². The van der Waals surface area contributed by atoms with Crippen molar-refractivity contribution in [3.05, 3.63) is 28.7 Å². The summed E-state index contributed by atoms with van der Waals surface area (Å²) in [6.45, 7) is 8.63. The Kier molecular flexibility index (Phi) is 3.56. The van der Waals surface area contributed by atoms with Crippen LogP contribution in [-0.4, -0.2) is 26.5 Å². The molecule has 108 valence electrons. The molecule has 1 saturated carbocycles. The van der Waals surface area contributed by atoms with E-state index in [0.717, 1.165) is 24.7 Å². The molecule has 6 heteroatoms. The number of nitrogens with one attached hydrogen (secondary N) is 1. The van der Waals surface area contributed by atoms with Gasteiger partial charge in [-0.2, -0.15) is 10.1 Å². The van der Waals surface area contributed by atoms with Crippen molar-refractivity contribution >= 4 is 0 Å². The molecule has 0 atom stereocenters. The Morgan fingerprint density at radius 2 is 2.15 bits per heavy atom. The molecule has 2 aromatic rings. The molecule has 0 aromatic carbocycles. The molecular weight excluding hydrogens is 254 g/mol. The van der Waals surface area contributed by atoms with Gasteiger partial charge in [0.1, 0.15) is 6.54 Å². The van der Waals surface area contributed by atoms with Crippen molar-refractivity contribution in [2.24, 2.45) is 0 Å². The Morgan fingerprint density at radius 1 is 1.35 bits per heavy atom. The zero-order chi connectivity index (χ0) is 14.1. The van der Waals surface area contributed by atoms with E-state index in [2.05, 4.69) is 34.4 Å². The summed E-state index contributed by atoms with van der Waals surface area (Å²) in [6, 6.07) is 0. The molecule has 0 saturated heterocycles. The van der Waals surface area contributed by atoms with Gasteiger partial charge in [-0.25, -0.2) is 0 Å². The summed E-state index contributed by atoms with van der Waals surface area (Å²) in [4.78, 5) is 4.46. The smallest absolute Gasteiger partial charge is 0.229 e. The lowest BCUT2D eigenvalue weighted by atomic mass is 10.2. The van der Waals surface area contributed by atoms with Crippen molar-refractivity contribution in [2.75, 3.05) is 6.54 Å². The lowest BCUT2D eigenvalue weighted by molar-refractivity contribution is 0.372. The maximum Gasteiger partial charge on any atom is 0.229 e. The fraction of sp³-hybridized carbons (Fsp3) is 0.643. The minimum absolute atomic E-state index is 0.501. The molecule has 0 radical (unpaired) electrons. The van der Waals surface area contributed by atoms with Crippen molar-refractivity contribution in [3.8, 4) is 0 Å². The Labute approximate surface area is 118 Å². The van der Waals surface area contributed by atoms with Crippen molar-refractivity contribution in [1.82, 2.24) is 25.2 Å². The average Bonchev–Trinajstić information content (AvgIpc) is 3.12. The quantitative estimate of drug-likeness (QED) is 0.872. The number of hydrogen-bond donors (Lipinski definition) is 1. The highest BCUT2D eigenvalue weighted by molar-refractivity contribution is 5.24. The topological polar surface area (TPSA) is 68.8 Å². The summed E-state index contributed by atoms with van der Waals surface area (Å²) < 4.78 is 7.25. The summed E-state index contributed by atoms with van der Waals surface area (Å²) in [5, 5.41) is 12.0. The summed E-state index contributed by atoms with van der Waals surface area (Å²) in [5.41, 5.74) is 3.49. The number of hydrogen-bond acceptors (Lipinski definition) is 5. The molecule has 2 heterocycles. The highest BCUT2D eigenvalue weighted by Crippen LogP contribution is 2.38. The SMILES string of the molecule is CCNCc1c(C)nn(Cc2noc(C3CC3)n2)c1C. The summed E-state index contributed by atoms with van der Waals surface area (Å²) in [7, 11) is 0. The molecule has 0 aliphatic heterocycles. The van der Waals surface area contributed by atoms with Crippen molar-refractivity contribution < 1.29 is 4.52 Å². The molecule has 0 spiro atoms. The lowest BCUT2D eigenvalue weighted by Crippen LogP contribution is -2.13. The van der Waals surface area contributed by atoms with E-state index in [0.29, 0.717) is 18.3 Å². The molecule has 0 unspecified atom stereocenters. The van der Waals surface area contributed by atoms with E-state index >= 15 is 0 Å². The third kappa shape index (κ3) is 2.60. The van der Waals surface area contributed by atoms with E-state index < -0.39 is 0 Å². The van der Waals surface area contributed by atoms with Crippen molar-refractivity contribution in [2.45, 2.75) is 52.6 Å². The first kappa shape index (κ1) is 13.3. The molecule has 6 nitrogen and oxygen atoms in total. The third-order valence-corrected chi connectivity index (χ3v) is 3.78. The van der Waals surface area contributed by atoms with Crippen LogP contribution in [0.2, 0.25) is 0 Å². The van der Waals surface area contributed by atoms with Crippen LogP contribution in [0.3, 0.4) is 0 Å². The molecule has 1 fully saturated rings. The van der Waals surface area contributed by atoms with Gasteiger partial charge < -0.3 is 9.84 Å². The van der Waals surface area contributed by atoms with Crippen LogP contribution in [0.4, 0.5) is 0 Å². The molecular formula is C14H21N5O. The number of nitrogens with zero attached hydrogens (tertiary/aromatic N) is 4. The zero-order valence-electron chi connectivity index (χ0n) is 12.3. The minimum atomic E-state index is 0.501. The average molecular weight is 275 g/mol. The predicted octanol–water partition coefficient (Wildman–Crippen LogP) is 1.92. The standard InChI is InChI=1S/C14H21N5O/c1-4-15-7-12-9(2)17-19(10(12)3)8-13-16-14(20-18-13)11-5-6-11/h11,15H,4-8H2,1-3H3. The molecule has 1 aliphatic carbocycles. The van der Waals surface area contributed by atoms with Gasteiger partial charge in [-0.1, -0.05) is 12.1 Å². The highest BCUT2D eigenvalue weighted by atomic mass is 16.5. The Hall–Kier alpha value is -1.69. The minimum Gasteiger partial charge on any atom is -0.339 e. The molecule has 20 heavy (non-hydrogen) atoms.